The van der Waals surface area contributed by atoms with Crippen molar-refractivity contribution in [2.75, 3.05) is 17.2 Å². The highest BCUT2D eigenvalue weighted by molar-refractivity contribution is 14.1. The Hall–Kier alpha value is -1.56. The lowest BCUT2D eigenvalue weighted by Gasteiger charge is -2.20. The third-order valence-electron chi connectivity index (χ3n) is 3.42. The first-order chi connectivity index (χ1) is 9.74. The van der Waals surface area contributed by atoms with Crippen molar-refractivity contribution in [2.45, 2.75) is 12.8 Å². The number of hydrogen-bond acceptors (Lipinski definition) is 2. The van der Waals surface area contributed by atoms with Gasteiger partial charge in [-0.1, -0.05) is 12.1 Å². The molecule has 0 spiro atoms. The smallest absolute Gasteiger partial charge is 0.256 e. The summed E-state index contributed by atoms with van der Waals surface area (Å²) in [6.07, 6.45) is 2.03. The first-order valence-corrected chi connectivity index (χ1v) is 7.74. The van der Waals surface area contributed by atoms with Gasteiger partial charge in [-0.25, -0.2) is 0 Å². The molecule has 0 saturated heterocycles. The van der Waals surface area contributed by atoms with E-state index in [-0.39, 0.29) is 5.91 Å². The van der Waals surface area contributed by atoms with Crippen molar-refractivity contribution in [3.8, 4) is 0 Å². The molecular formula is C16H15IN2O. The van der Waals surface area contributed by atoms with Crippen LogP contribution in [0, 0.1) is 3.57 Å². The summed E-state index contributed by atoms with van der Waals surface area (Å²) in [6, 6.07) is 13.7. The lowest BCUT2D eigenvalue weighted by molar-refractivity contribution is 0.102. The summed E-state index contributed by atoms with van der Waals surface area (Å²) in [7, 11) is 0. The summed E-state index contributed by atoms with van der Waals surface area (Å²) in [5, 5.41) is 6.33. The largest absolute Gasteiger partial charge is 0.385 e. The Morgan fingerprint density at radius 3 is 2.90 bits per heavy atom. The summed E-state index contributed by atoms with van der Waals surface area (Å²) >= 11 is 2.24. The molecule has 2 N–H and O–H groups in total. The molecular weight excluding hydrogens is 363 g/mol. The fourth-order valence-corrected chi connectivity index (χ4v) is 3.03. The quantitative estimate of drug-likeness (QED) is 0.779. The van der Waals surface area contributed by atoms with Crippen molar-refractivity contribution < 1.29 is 4.79 Å². The lowest BCUT2D eigenvalue weighted by atomic mass is 9.97. The van der Waals surface area contributed by atoms with Crippen LogP contribution in [-0.2, 0) is 6.42 Å². The summed E-state index contributed by atoms with van der Waals surface area (Å²) in [5.41, 5.74) is 3.82. The Labute approximate surface area is 131 Å². The fraction of sp³-hybridized carbons (Fsp3) is 0.188. The first kappa shape index (κ1) is 13.4. The van der Waals surface area contributed by atoms with Crippen LogP contribution in [-0.4, -0.2) is 12.5 Å². The number of rotatable bonds is 2. The van der Waals surface area contributed by atoms with Gasteiger partial charge >= 0.3 is 0 Å². The number of carbonyl (C=O) groups excluding carboxylic acids is 1. The minimum absolute atomic E-state index is 0.0347. The molecule has 3 nitrogen and oxygen atoms in total. The zero-order valence-corrected chi connectivity index (χ0v) is 13.1. The van der Waals surface area contributed by atoms with Crippen LogP contribution in [0.5, 0.6) is 0 Å². The Kier molecular flexibility index (Phi) is 3.91. The van der Waals surface area contributed by atoms with Gasteiger partial charge in [0.15, 0.2) is 0 Å². The highest BCUT2D eigenvalue weighted by Crippen LogP contribution is 2.26. The predicted octanol–water partition coefficient (Wildman–Crippen LogP) is 3.90. The standard InChI is InChI=1S/C16H15IN2O/c17-11-4-1-5-12(10-11)19-16(20)14-6-2-8-15-13(14)7-3-9-18-15/h1-2,4-6,8,10,18H,3,7,9H2,(H,19,20). The van der Waals surface area contributed by atoms with Crippen molar-refractivity contribution in [3.63, 3.8) is 0 Å². The second-order valence-corrected chi connectivity index (χ2v) is 6.07. The molecule has 0 radical (unpaired) electrons. The molecule has 0 saturated carbocycles. The van der Waals surface area contributed by atoms with E-state index in [0.717, 1.165) is 45.5 Å². The van der Waals surface area contributed by atoms with Gasteiger partial charge in [-0.15, -0.1) is 0 Å². The van der Waals surface area contributed by atoms with E-state index in [9.17, 15) is 4.79 Å². The summed E-state index contributed by atoms with van der Waals surface area (Å²) in [4.78, 5) is 12.5. The maximum absolute atomic E-state index is 12.5. The lowest BCUT2D eigenvalue weighted by Crippen LogP contribution is -2.19. The number of benzene rings is 2. The average molecular weight is 378 g/mol. The van der Waals surface area contributed by atoms with Crippen LogP contribution < -0.4 is 10.6 Å². The van der Waals surface area contributed by atoms with E-state index in [0.29, 0.717) is 0 Å². The van der Waals surface area contributed by atoms with Gasteiger partial charge in [0.1, 0.15) is 0 Å². The van der Waals surface area contributed by atoms with Gasteiger partial charge < -0.3 is 10.6 Å². The highest BCUT2D eigenvalue weighted by Gasteiger charge is 2.17. The van der Waals surface area contributed by atoms with E-state index in [4.69, 9.17) is 0 Å². The van der Waals surface area contributed by atoms with Crippen molar-refractivity contribution >= 4 is 39.9 Å². The van der Waals surface area contributed by atoms with Crippen LogP contribution in [0.1, 0.15) is 22.3 Å². The number of nitrogens with one attached hydrogen (secondary N) is 2. The average Bonchev–Trinajstić information content (AvgIpc) is 2.46. The van der Waals surface area contributed by atoms with Gasteiger partial charge in [0.25, 0.3) is 5.91 Å². The molecule has 0 bridgehead atoms. The van der Waals surface area contributed by atoms with Gasteiger partial charge in [-0.3, -0.25) is 4.79 Å². The molecule has 1 aliphatic rings. The van der Waals surface area contributed by atoms with Crippen molar-refractivity contribution in [3.05, 3.63) is 57.2 Å². The van der Waals surface area contributed by atoms with E-state index in [2.05, 4.69) is 33.2 Å². The molecule has 3 rings (SSSR count). The van der Waals surface area contributed by atoms with E-state index in [1.54, 1.807) is 0 Å². The van der Waals surface area contributed by atoms with Crippen LogP contribution in [0.15, 0.2) is 42.5 Å². The minimum Gasteiger partial charge on any atom is -0.385 e. The van der Waals surface area contributed by atoms with E-state index in [1.807, 2.05) is 42.5 Å². The third-order valence-corrected chi connectivity index (χ3v) is 4.09. The molecule has 20 heavy (non-hydrogen) atoms. The van der Waals surface area contributed by atoms with Gasteiger partial charge in [0, 0.05) is 27.1 Å². The zero-order valence-electron chi connectivity index (χ0n) is 10.9. The molecule has 0 aromatic heterocycles. The van der Waals surface area contributed by atoms with Gasteiger partial charge in [0.2, 0.25) is 0 Å². The molecule has 1 amide bonds. The predicted molar refractivity (Wildman–Crippen MR) is 90.4 cm³/mol. The third kappa shape index (κ3) is 2.80. The van der Waals surface area contributed by atoms with Crippen molar-refractivity contribution in [1.82, 2.24) is 0 Å². The van der Waals surface area contributed by atoms with Crippen molar-refractivity contribution in [2.24, 2.45) is 0 Å². The summed E-state index contributed by atoms with van der Waals surface area (Å²) in [5.74, 6) is -0.0347. The normalized spacial score (nSPS) is 13.2. The Balaban J connectivity index is 1.88. The zero-order chi connectivity index (χ0) is 13.9. The van der Waals surface area contributed by atoms with E-state index >= 15 is 0 Å². The molecule has 2 aromatic carbocycles. The first-order valence-electron chi connectivity index (χ1n) is 6.67. The monoisotopic (exact) mass is 378 g/mol. The van der Waals surface area contributed by atoms with Crippen LogP contribution in [0.3, 0.4) is 0 Å². The Morgan fingerprint density at radius 2 is 2.05 bits per heavy atom. The van der Waals surface area contributed by atoms with Crippen LogP contribution in [0.25, 0.3) is 0 Å². The number of anilines is 2. The Morgan fingerprint density at radius 1 is 1.20 bits per heavy atom. The van der Waals surface area contributed by atoms with Crippen LogP contribution >= 0.6 is 22.6 Å². The summed E-state index contributed by atoms with van der Waals surface area (Å²) < 4.78 is 1.11. The van der Waals surface area contributed by atoms with Gasteiger partial charge in [0.05, 0.1) is 0 Å². The molecule has 0 fully saturated rings. The molecule has 4 heteroatoms. The molecule has 102 valence electrons. The molecule has 2 aromatic rings. The van der Waals surface area contributed by atoms with E-state index < -0.39 is 0 Å². The molecule has 1 heterocycles. The summed E-state index contributed by atoms with van der Waals surface area (Å²) in [6.45, 7) is 0.981. The number of amides is 1. The maximum atomic E-state index is 12.5. The van der Waals surface area contributed by atoms with Crippen LogP contribution in [0.4, 0.5) is 11.4 Å². The van der Waals surface area contributed by atoms with Crippen molar-refractivity contribution in [1.29, 1.82) is 0 Å². The maximum Gasteiger partial charge on any atom is 0.256 e. The molecule has 1 aliphatic heterocycles. The molecule has 0 atom stereocenters. The van der Waals surface area contributed by atoms with Gasteiger partial charge in [-0.05, 0) is 71.3 Å². The van der Waals surface area contributed by atoms with E-state index in [1.165, 1.54) is 0 Å². The minimum atomic E-state index is -0.0347. The number of carbonyl (C=O) groups is 1. The van der Waals surface area contributed by atoms with Gasteiger partial charge in [-0.2, -0.15) is 0 Å². The molecule has 0 aliphatic carbocycles. The second kappa shape index (κ2) is 5.83. The molecule has 0 unspecified atom stereocenters. The highest BCUT2D eigenvalue weighted by atomic mass is 127. The number of hydrogen-bond donors (Lipinski definition) is 2. The number of fused-ring (bicyclic) bond motifs is 1. The van der Waals surface area contributed by atoms with Crippen LogP contribution in [0.2, 0.25) is 0 Å². The Bertz CT molecular complexity index is 655. The topological polar surface area (TPSA) is 41.1 Å². The second-order valence-electron chi connectivity index (χ2n) is 4.83. The number of halogens is 1. The SMILES string of the molecule is O=C(Nc1cccc(I)c1)c1cccc2c1CCCN2. The fourth-order valence-electron chi connectivity index (χ4n) is 2.49.